The molecule has 0 spiro atoms. The van der Waals surface area contributed by atoms with Gasteiger partial charge >= 0.3 is 0 Å². The van der Waals surface area contributed by atoms with Gasteiger partial charge in [-0.05, 0) is 49.9 Å². The van der Waals surface area contributed by atoms with Gasteiger partial charge in [0.15, 0.2) is 0 Å². The van der Waals surface area contributed by atoms with Crippen LogP contribution in [0.1, 0.15) is 53.4 Å². The Hall–Kier alpha value is -1.85. The predicted octanol–water partition coefficient (Wildman–Crippen LogP) is 3.60. The van der Waals surface area contributed by atoms with E-state index in [0.29, 0.717) is 17.7 Å². The molecule has 4 rings (SSSR count). The van der Waals surface area contributed by atoms with Gasteiger partial charge in [0.1, 0.15) is 0 Å². The van der Waals surface area contributed by atoms with Crippen molar-refractivity contribution in [2.75, 3.05) is 13.1 Å². The summed E-state index contributed by atoms with van der Waals surface area (Å²) in [6.45, 7) is 2.86. The maximum absolute atomic E-state index is 12.1. The summed E-state index contributed by atoms with van der Waals surface area (Å²) in [6.07, 6.45) is 4.31. The molecule has 1 atom stereocenters. The third-order valence-electron chi connectivity index (χ3n) is 4.88. The Morgan fingerprint density at radius 3 is 3.00 bits per heavy atom. The monoisotopic (exact) mass is 359 g/mol. The molecule has 1 N–H and O–H groups in total. The summed E-state index contributed by atoms with van der Waals surface area (Å²) >= 11 is 6.08. The third kappa shape index (κ3) is 4.22. The quantitative estimate of drug-likeness (QED) is 0.886. The molecule has 132 valence electrons. The molecule has 1 unspecified atom stereocenters. The van der Waals surface area contributed by atoms with Gasteiger partial charge < -0.3 is 9.84 Å². The van der Waals surface area contributed by atoms with Crippen LogP contribution >= 0.6 is 11.6 Å². The number of benzene rings is 1. The van der Waals surface area contributed by atoms with Gasteiger partial charge in [-0.25, -0.2) is 0 Å². The van der Waals surface area contributed by atoms with Gasteiger partial charge in [0, 0.05) is 36.1 Å². The number of halogens is 1. The van der Waals surface area contributed by atoms with E-state index >= 15 is 0 Å². The maximum atomic E-state index is 12.1. The van der Waals surface area contributed by atoms with Crippen molar-refractivity contribution in [3.05, 3.63) is 52.4 Å². The first kappa shape index (κ1) is 16.6. The van der Waals surface area contributed by atoms with Crippen LogP contribution in [0.25, 0.3) is 0 Å². The smallest absolute Gasteiger partial charge is 0.290 e. The van der Waals surface area contributed by atoms with Crippen LogP contribution < -0.4 is 5.32 Å². The van der Waals surface area contributed by atoms with Crippen molar-refractivity contribution in [3.63, 3.8) is 0 Å². The Morgan fingerprint density at radius 1 is 1.32 bits per heavy atom. The molecule has 1 aliphatic carbocycles. The summed E-state index contributed by atoms with van der Waals surface area (Å²) in [7, 11) is 0. The van der Waals surface area contributed by atoms with E-state index in [2.05, 4.69) is 21.4 Å². The number of rotatable bonds is 5. The lowest BCUT2D eigenvalue weighted by molar-refractivity contribution is 0.0914. The Balaban J connectivity index is 1.39. The highest BCUT2D eigenvalue weighted by Crippen LogP contribution is 2.28. The number of hydrogen-bond acceptors (Lipinski definition) is 4. The van der Waals surface area contributed by atoms with E-state index in [1.54, 1.807) is 0 Å². The summed E-state index contributed by atoms with van der Waals surface area (Å²) in [5.74, 6) is 0.487. The van der Waals surface area contributed by atoms with Gasteiger partial charge in [0.2, 0.25) is 5.76 Å². The highest BCUT2D eigenvalue weighted by atomic mass is 35.5. The fourth-order valence-corrected chi connectivity index (χ4v) is 3.62. The Bertz CT molecular complexity index is 757. The zero-order valence-corrected chi connectivity index (χ0v) is 14.8. The molecular formula is C19H22ClN3O2. The fourth-order valence-electron chi connectivity index (χ4n) is 3.41. The molecule has 1 aromatic heterocycles. The van der Waals surface area contributed by atoms with E-state index in [4.69, 9.17) is 16.1 Å². The largest absolute Gasteiger partial charge is 0.351 e. The molecule has 2 fully saturated rings. The lowest BCUT2D eigenvalue weighted by Gasteiger charge is -2.31. The van der Waals surface area contributed by atoms with Crippen LogP contribution in [0.15, 0.2) is 34.9 Å². The second kappa shape index (κ2) is 7.18. The highest BCUT2D eigenvalue weighted by molar-refractivity contribution is 6.30. The summed E-state index contributed by atoms with van der Waals surface area (Å²) in [6, 6.07) is 10.1. The second-order valence-electron chi connectivity index (χ2n) is 7.07. The number of amides is 1. The topological polar surface area (TPSA) is 58.4 Å². The molecule has 25 heavy (non-hydrogen) atoms. The van der Waals surface area contributed by atoms with Crippen LogP contribution in [0.2, 0.25) is 5.02 Å². The van der Waals surface area contributed by atoms with Gasteiger partial charge in [-0.15, -0.1) is 0 Å². The van der Waals surface area contributed by atoms with Gasteiger partial charge in [-0.2, -0.15) is 0 Å². The summed E-state index contributed by atoms with van der Waals surface area (Å²) in [5.41, 5.74) is 2.11. The number of carbonyl (C=O) groups is 1. The van der Waals surface area contributed by atoms with Crippen LogP contribution in [-0.4, -0.2) is 35.1 Å². The highest BCUT2D eigenvalue weighted by Gasteiger charge is 2.28. The fraction of sp³-hybridized carbons (Fsp3) is 0.474. The van der Waals surface area contributed by atoms with Crippen LogP contribution in [0.3, 0.4) is 0 Å². The maximum Gasteiger partial charge on any atom is 0.290 e. The second-order valence-corrected chi connectivity index (χ2v) is 7.50. The van der Waals surface area contributed by atoms with Gasteiger partial charge in [-0.3, -0.25) is 9.69 Å². The number of carbonyl (C=O) groups excluding carboxylic acids is 1. The Labute approximate surface area is 152 Å². The van der Waals surface area contributed by atoms with Crippen molar-refractivity contribution in [2.24, 2.45) is 0 Å². The average molecular weight is 360 g/mol. The third-order valence-corrected chi connectivity index (χ3v) is 5.12. The van der Waals surface area contributed by atoms with Crippen molar-refractivity contribution in [1.29, 1.82) is 0 Å². The van der Waals surface area contributed by atoms with Crippen molar-refractivity contribution in [3.8, 4) is 0 Å². The summed E-state index contributed by atoms with van der Waals surface area (Å²) < 4.78 is 5.28. The minimum Gasteiger partial charge on any atom is -0.351 e. The number of aromatic nitrogens is 1. The van der Waals surface area contributed by atoms with Gasteiger partial charge in [0.05, 0.1) is 5.69 Å². The average Bonchev–Trinajstić information content (AvgIpc) is 3.27. The van der Waals surface area contributed by atoms with Crippen LogP contribution in [0, 0.1) is 0 Å². The SMILES string of the molecule is O=C(NC1CC1)c1cc(C2CCCN(Cc3cccc(Cl)c3)C2)no1. The zero-order valence-electron chi connectivity index (χ0n) is 14.1. The summed E-state index contributed by atoms with van der Waals surface area (Å²) in [4.78, 5) is 14.5. The standard InChI is InChI=1S/C19H22ClN3O2/c20-15-5-1-3-13(9-15)11-23-8-2-4-14(12-23)17-10-18(25-22-17)19(24)21-16-6-7-16/h1,3,5,9-10,14,16H,2,4,6-8,11-12H2,(H,21,24). The predicted molar refractivity (Wildman–Crippen MR) is 95.7 cm³/mol. The van der Waals surface area contributed by atoms with Crippen LogP contribution in [-0.2, 0) is 6.54 Å². The molecule has 1 aliphatic heterocycles. The van der Waals surface area contributed by atoms with E-state index in [-0.39, 0.29) is 5.91 Å². The molecule has 6 heteroatoms. The minimum absolute atomic E-state index is 0.146. The number of piperidine rings is 1. The molecular weight excluding hydrogens is 338 g/mol. The Morgan fingerprint density at radius 2 is 2.20 bits per heavy atom. The van der Waals surface area contributed by atoms with Gasteiger partial charge in [-0.1, -0.05) is 28.9 Å². The molecule has 2 aromatic rings. The minimum atomic E-state index is -0.146. The zero-order chi connectivity index (χ0) is 17.2. The first-order valence-corrected chi connectivity index (χ1v) is 9.29. The van der Waals surface area contributed by atoms with Gasteiger partial charge in [0.25, 0.3) is 5.91 Å². The number of hydrogen-bond donors (Lipinski definition) is 1. The van der Waals surface area contributed by atoms with Crippen molar-refractivity contribution in [2.45, 2.75) is 44.2 Å². The Kier molecular flexibility index (Phi) is 4.77. The van der Waals surface area contributed by atoms with Crippen molar-refractivity contribution < 1.29 is 9.32 Å². The summed E-state index contributed by atoms with van der Waals surface area (Å²) in [5, 5.41) is 7.87. The van der Waals surface area contributed by atoms with E-state index in [0.717, 1.165) is 56.0 Å². The number of nitrogens with one attached hydrogen (secondary N) is 1. The van der Waals surface area contributed by atoms with Crippen molar-refractivity contribution in [1.82, 2.24) is 15.4 Å². The van der Waals surface area contributed by atoms with E-state index in [9.17, 15) is 4.79 Å². The molecule has 1 amide bonds. The van der Waals surface area contributed by atoms with E-state index in [1.807, 2.05) is 24.3 Å². The molecule has 0 radical (unpaired) electrons. The number of nitrogens with zero attached hydrogens (tertiary/aromatic N) is 2. The van der Waals surface area contributed by atoms with Crippen LogP contribution in [0.4, 0.5) is 0 Å². The first-order chi connectivity index (χ1) is 12.2. The molecule has 1 saturated carbocycles. The van der Waals surface area contributed by atoms with E-state index < -0.39 is 0 Å². The number of likely N-dealkylation sites (tertiary alicyclic amines) is 1. The first-order valence-electron chi connectivity index (χ1n) is 8.91. The van der Waals surface area contributed by atoms with E-state index in [1.165, 1.54) is 5.56 Å². The van der Waals surface area contributed by atoms with Crippen molar-refractivity contribution >= 4 is 17.5 Å². The molecule has 2 aliphatic rings. The molecule has 1 aromatic carbocycles. The molecule has 0 bridgehead atoms. The molecule has 1 saturated heterocycles. The molecule has 5 nitrogen and oxygen atoms in total. The normalized spacial score (nSPS) is 21.2. The lowest BCUT2D eigenvalue weighted by atomic mass is 9.94. The lowest BCUT2D eigenvalue weighted by Crippen LogP contribution is -2.34. The molecule has 2 heterocycles. The van der Waals surface area contributed by atoms with Crippen LogP contribution in [0.5, 0.6) is 0 Å².